The number of rotatable bonds is 8. The molecule has 4 rings (SSSR count). The standard InChI is InChI=1S/C26H28BrN3O5/c1-3-34-22-13-18(20(27)14-23(22)35-16(2)26(32)33)15-28-30-24(17-9-5-4-6-10-17)29-21-12-8-7-11-19(21)25(30)31/h7-8,11-17H,3-6,9-10H2,1-2H3,(H,32,33)/t16-/m1/s1. The van der Waals surface area contributed by atoms with Gasteiger partial charge in [0, 0.05) is 16.0 Å². The molecular weight excluding hydrogens is 514 g/mol. The highest BCUT2D eigenvalue weighted by molar-refractivity contribution is 9.10. The van der Waals surface area contributed by atoms with Gasteiger partial charge in [0.1, 0.15) is 5.82 Å². The second kappa shape index (κ2) is 11.0. The van der Waals surface area contributed by atoms with E-state index in [0.717, 1.165) is 25.7 Å². The number of fused-ring (bicyclic) bond motifs is 1. The number of para-hydroxylation sites is 1. The van der Waals surface area contributed by atoms with Crippen molar-refractivity contribution >= 4 is 39.0 Å². The highest BCUT2D eigenvalue weighted by Gasteiger charge is 2.23. The number of carboxylic acids is 1. The molecule has 0 spiro atoms. The molecule has 8 nitrogen and oxygen atoms in total. The molecular formula is C26H28BrN3O5. The quantitative estimate of drug-likeness (QED) is 0.386. The maximum atomic E-state index is 13.4. The van der Waals surface area contributed by atoms with E-state index in [0.29, 0.717) is 44.9 Å². The van der Waals surface area contributed by atoms with Gasteiger partial charge in [-0.2, -0.15) is 9.78 Å². The number of benzene rings is 2. The van der Waals surface area contributed by atoms with Crippen LogP contribution in [-0.2, 0) is 4.79 Å². The van der Waals surface area contributed by atoms with Gasteiger partial charge in [0.25, 0.3) is 5.56 Å². The molecule has 1 aliphatic carbocycles. The van der Waals surface area contributed by atoms with E-state index in [-0.39, 0.29) is 11.5 Å². The molecule has 0 unspecified atom stereocenters. The van der Waals surface area contributed by atoms with Crippen molar-refractivity contribution in [2.45, 2.75) is 58.0 Å². The van der Waals surface area contributed by atoms with Crippen molar-refractivity contribution in [2.75, 3.05) is 6.61 Å². The van der Waals surface area contributed by atoms with E-state index < -0.39 is 12.1 Å². The first kappa shape index (κ1) is 24.9. The Balaban J connectivity index is 1.77. The summed E-state index contributed by atoms with van der Waals surface area (Å²) in [5.41, 5.74) is 1.13. The van der Waals surface area contributed by atoms with Crippen molar-refractivity contribution in [3.05, 3.63) is 62.6 Å². The fourth-order valence-electron chi connectivity index (χ4n) is 4.25. The Kier molecular flexibility index (Phi) is 7.85. The maximum Gasteiger partial charge on any atom is 0.344 e. The molecule has 1 aromatic heterocycles. The summed E-state index contributed by atoms with van der Waals surface area (Å²) in [5, 5.41) is 14.3. The smallest absolute Gasteiger partial charge is 0.344 e. The molecule has 0 saturated heterocycles. The van der Waals surface area contributed by atoms with Crippen molar-refractivity contribution in [2.24, 2.45) is 5.10 Å². The molecule has 1 aliphatic rings. The number of aliphatic carboxylic acids is 1. The van der Waals surface area contributed by atoms with Gasteiger partial charge >= 0.3 is 5.97 Å². The first-order valence-corrected chi connectivity index (χ1v) is 12.6. The molecule has 184 valence electrons. The van der Waals surface area contributed by atoms with Gasteiger partial charge in [-0.05, 0) is 66.9 Å². The molecule has 35 heavy (non-hydrogen) atoms. The lowest BCUT2D eigenvalue weighted by Crippen LogP contribution is -2.25. The number of hydrogen-bond donors (Lipinski definition) is 1. The largest absolute Gasteiger partial charge is 0.490 e. The normalized spacial score (nSPS) is 15.4. The fourth-order valence-corrected chi connectivity index (χ4v) is 4.67. The SMILES string of the molecule is CCOc1cc(C=Nn2c(C3CCCCC3)nc3ccccc3c2=O)c(Br)cc1O[C@H](C)C(=O)O. The number of halogens is 1. The number of carbonyl (C=O) groups is 1. The van der Waals surface area contributed by atoms with E-state index in [1.54, 1.807) is 24.4 Å². The first-order valence-electron chi connectivity index (χ1n) is 11.8. The molecule has 3 aromatic rings. The lowest BCUT2D eigenvalue weighted by Gasteiger charge is -2.22. The molecule has 0 aliphatic heterocycles. The van der Waals surface area contributed by atoms with Gasteiger partial charge in [0.15, 0.2) is 17.6 Å². The van der Waals surface area contributed by atoms with Crippen molar-refractivity contribution in [3.8, 4) is 11.5 Å². The molecule has 1 heterocycles. The molecule has 1 saturated carbocycles. The zero-order chi connectivity index (χ0) is 24.9. The zero-order valence-corrected chi connectivity index (χ0v) is 21.3. The predicted octanol–water partition coefficient (Wildman–Crippen LogP) is 5.34. The molecule has 0 amide bonds. The summed E-state index contributed by atoms with van der Waals surface area (Å²) in [6.45, 7) is 3.65. The second-order valence-corrected chi connectivity index (χ2v) is 9.39. The van der Waals surface area contributed by atoms with Gasteiger partial charge in [-0.3, -0.25) is 4.79 Å². The predicted molar refractivity (Wildman–Crippen MR) is 138 cm³/mol. The van der Waals surface area contributed by atoms with Crippen LogP contribution in [0, 0.1) is 0 Å². The highest BCUT2D eigenvalue weighted by atomic mass is 79.9. The average Bonchev–Trinajstić information content (AvgIpc) is 2.86. The van der Waals surface area contributed by atoms with Gasteiger partial charge in [0.05, 0.1) is 23.7 Å². The Morgan fingerprint density at radius 1 is 1.26 bits per heavy atom. The average molecular weight is 542 g/mol. The number of nitrogens with zero attached hydrogens (tertiary/aromatic N) is 3. The van der Waals surface area contributed by atoms with E-state index in [2.05, 4.69) is 21.0 Å². The van der Waals surface area contributed by atoms with E-state index in [1.807, 2.05) is 25.1 Å². The molecule has 2 aromatic carbocycles. The maximum absolute atomic E-state index is 13.4. The second-order valence-electron chi connectivity index (χ2n) is 8.54. The zero-order valence-electron chi connectivity index (χ0n) is 19.7. The third-order valence-electron chi connectivity index (χ3n) is 6.08. The minimum atomic E-state index is -1.08. The number of aromatic nitrogens is 2. The molecule has 0 radical (unpaired) electrons. The van der Waals surface area contributed by atoms with Gasteiger partial charge in [-0.25, -0.2) is 9.78 Å². The minimum absolute atomic E-state index is 0.175. The van der Waals surface area contributed by atoms with Crippen LogP contribution in [0.2, 0.25) is 0 Å². The van der Waals surface area contributed by atoms with Crippen molar-refractivity contribution in [3.63, 3.8) is 0 Å². The Bertz CT molecular complexity index is 1310. The Morgan fingerprint density at radius 3 is 2.71 bits per heavy atom. The van der Waals surface area contributed by atoms with Crippen LogP contribution < -0.4 is 15.0 Å². The molecule has 1 atom stereocenters. The molecule has 9 heteroatoms. The van der Waals surface area contributed by atoms with Crippen molar-refractivity contribution in [1.82, 2.24) is 9.66 Å². The summed E-state index contributed by atoms with van der Waals surface area (Å²) in [6, 6.07) is 10.7. The van der Waals surface area contributed by atoms with Crippen LogP contribution in [0.25, 0.3) is 10.9 Å². The summed E-state index contributed by atoms with van der Waals surface area (Å²) in [6.07, 6.45) is 5.91. The number of ether oxygens (including phenoxy) is 2. The van der Waals surface area contributed by atoms with E-state index >= 15 is 0 Å². The van der Waals surface area contributed by atoms with Crippen molar-refractivity contribution < 1.29 is 19.4 Å². The van der Waals surface area contributed by atoms with Gasteiger partial charge in [-0.1, -0.05) is 31.4 Å². The van der Waals surface area contributed by atoms with Crippen LogP contribution in [-0.4, -0.2) is 39.7 Å². The third-order valence-corrected chi connectivity index (χ3v) is 6.76. The fraction of sp³-hybridized carbons (Fsp3) is 0.385. The van der Waals surface area contributed by atoms with Crippen LogP contribution in [0.15, 0.2) is 50.8 Å². The monoisotopic (exact) mass is 541 g/mol. The van der Waals surface area contributed by atoms with E-state index in [9.17, 15) is 14.7 Å². The summed E-state index contributed by atoms with van der Waals surface area (Å²) in [7, 11) is 0. The summed E-state index contributed by atoms with van der Waals surface area (Å²) < 4.78 is 13.3. The van der Waals surface area contributed by atoms with Crippen LogP contribution in [0.4, 0.5) is 0 Å². The lowest BCUT2D eigenvalue weighted by molar-refractivity contribution is -0.144. The van der Waals surface area contributed by atoms with Crippen LogP contribution in [0.1, 0.15) is 63.3 Å². The minimum Gasteiger partial charge on any atom is -0.490 e. The van der Waals surface area contributed by atoms with Crippen LogP contribution >= 0.6 is 15.9 Å². The molecule has 0 bridgehead atoms. The topological polar surface area (TPSA) is 103 Å². The van der Waals surface area contributed by atoms with Crippen LogP contribution in [0.5, 0.6) is 11.5 Å². The van der Waals surface area contributed by atoms with E-state index in [1.165, 1.54) is 18.0 Å². The Labute approximate surface area is 211 Å². The third kappa shape index (κ3) is 5.56. The highest BCUT2D eigenvalue weighted by Crippen LogP contribution is 2.35. The number of hydrogen-bond acceptors (Lipinski definition) is 6. The first-order chi connectivity index (χ1) is 16.9. The van der Waals surface area contributed by atoms with Gasteiger partial charge in [-0.15, -0.1) is 0 Å². The summed E-state index contributed by atoms with van der Waals surface area (Å²) in [5.74, 6) is 0.475. The number of carboxylic acid groups (broad SMARTS) is 1. The van der Waals surface area contributed by atoms with E-state index in [4.69, 9.17) is 14.5 Å². The summed E-state index contributed by atoms with van der Waals surface area (Å²) in [4.78, 5) is 29.5. The van der Waals surface area contributed by atoms with Gasteiger partial charge in [0.2, 0.25) is 0 Å². The van der Waals surface area contributed by atoms with Gasteiger partial charge < -0.3 is 14.6 Å². The van der Waals surface area contributed by atoms with Crippen molar-refractivity contribution in [1.29, 1.82) is 0 Å². The Morgan fingerprint density at radius 2 is 2.00 bits per heavy atom. The lowest BCUT2D eigenvalue weighted by atomic mass is 9.88. The van der Waals surface area contributed by atoms with Crippen LogP contribution in [0.3, 0.4) is 0 Å². The summed E-state index contributed by atoms with van der Waals surface area (Å²) >= 11 is 3.51. The molecule has 1 fully saturated rings. The molecule has 1 N–H and O–H groups in total. The Hall–Kier alpha value is -3.20.